The van der Waals surface area contributed by atoms with E-state index in [-0.39, 0.29) is 6.04 Å². The SMILES string of the molecule is CNC(C)c1ncc(-c2ccc(C#Cc3ccc(-c4cnc(C5CCCN5)[nH]4)cc3)cc2)[nH]1. The van der Waals surface area contributed by atoms with Crippen LogP contribution in [0, 0.1) is 11.8 Å². The fraction of sp³-hybridized carbons (Fsp3) is 0.259. The fourth-order valence-corrected chi connectivity index (χ4v) is 4.03. The lowest BCUT2D eigenvalue weighted by Gasteiger charge is -2.05. The van der Waals surface area contributed by atoms with Crippen LogP contribution in [-0.4, -0.2) is 33.5 Å². The molecule has 0 spiro atoms. The molecule has 0 bridgehead atoms. The summed E-state index contributed by atoms with van der Waals surface area (Å²) < 4.78 is 0. The lowest BCUT2D eigenvalue weighted by molar-refractivity contribution is 0.613. The largest absolute Gasteiger partial charge is 0.341 e. The smallest absolute Gasteiger partial charge is 0.123 e. The predicted octanol–water partition coefficient (Wildman–Crippen LogP) is 4.57. The molecule has 0 saturated carbocycles. The van der Waals surface area contributed by atoms with E-state index in [4.69, 9.17) is 0 Å². The molecular weight excluding hydrogens is 408 g/mol. The number of H-pyrrole nitrogens is 2. The molecule has 1 saturated heterocycles. The number of nitrogens with zero attached hydrogens (tertiary/aromatic N) is 2. The van der Waals surface area contributed by atoms with E-state index in [9.17, 15) is 0 Å². The molecule has 3 heterocycles. The number of hydrogen-bond acceptors (Lipinski definition) is 4. The first-order chi connectivity index (χ1) is 16.2. The summed E-state index contributed by atoms with van der Waals surface area (Å²) in [6, 6.07) is 17.1. The third-order valence-corrected chi connectivity index (χ3v) is 6.17. The average Bonchev–Trinajstić information content (AvgIpc) is 3.64. The highest BCUT2D eigenvalue weighted by Gasteiger charge is 2.19. The maximum absolute atomic E-state index is 4.56. The fourth-order valence-electron chi connectivity index (χ4n) is 4.03. The second-order valence-corrected chi connectivity index (χ2v) is 8.43. The highest BCUT2D eigenvalue weighted by atomic mass is 15.0. The number of benzene rings is 2. The predicted molar refractivity (Wildman–Crippen MR) is 131 cm³/mol. The van der Waals surface area contributed by atoms with Crippen LogP contribution in [0.15, 0.2) is 60.9 Å². The van der Waals surface area contributed by atoms with E-state index < -0.39 is 0 Å². The van der Waals surface area contributed by atoms with Gasteiger partial charge < -0.3 is 20.6 Å². The van der Waals surface area contributed by atoms with Crippen LogP contribution in [0.1, 0.15) is 54.6 Å². The van der Waals surface area contributed by atoms with Crippen LogP contribution >= 0.6 is 0 Å². The summed E-state index contributed by atoms with van der Waals surface area (Å²) in [6.45, 7) is 3.14. The lowest BCUT2D eigenvalue weighted by Crippen LogP contribution is -2.14. The first kappa shape index (κ1) is 21.2. The van der Waals surface area contributed by atoms with E-state index in [1.807, 2.05) is 31.6 Å². The van der Waals surface area contributed by atoms with Gasteiger partial charge in [0.05, 0.1) is 35.9 Å². The van der Waals surface area contributed by atoms with Crippen molar-refractivity contribution in [3.8, 4) is 34.4 Å². The highest BCUT2D eigenvalue weighted by Crippen LogP contribution is 2.24. The Morgan fingerprint density at radius 3 is 2.06 bits per heavy atom. The Morgan fingerprint density at radius 1 is 0.879 bits per heavy atom. The molecule has 2 aromatic heterocycles. The van der Waals surface area contributed by atoms with Gasteiger partial charge in [-0.15, -0.1) is 0 Å². The molecule has 5 rings (SSSR count). The van der Waals surface area contributed by atoms with Crippen LogP contribution in [0.5, 0.6) is 0 Å². The van der Waals surface area contributed by atoms with Crippen molar-refractivity contribution in [1.82, 2.24) is 30.6 Å². The first-order valence-electron chi connectivity index (χ1n) is 11.4. The molecule has 166 valence electrons. The van der Waals surface area contributed by atoms with Crippen molar-refractivity contribution in [1.29, 1.82) is 0 Å². The van der Waals surface area contributed by atoms with E-state index >= 15 is 0 Å². The van der Waals surface area contributed by atoms with E-state index in [1.54, 1.807) is 0 Å². The number of aromatic amines is 2. The van der Waals surface area contributed by atoms with Gasteiger partial charge in [-0.3, -0.25) is 0 Å². The Kier molecular flexibility index (Phi) is 6.07. The monoisotopic (exact) mass is 436 g/mol. The summed E-state index contributed by atoms with van der Waals surface area (Å²) >= 11 is 0. The first-order valence-corrected chi connectivity index (χ1v) is 11.4. The average molecular weight is 437 g/mol. The number of rotatable bonds is 5. The van der Waals surface area contributed by atoms with Crippen LogP contribution in [0.2, 0.25) is 0 Å². The van der Waals surface area contributed by atoms with E-state index in [0.717, 1.165) is 58.3 Å². The maximum atomic E-state index is 4.56. The molecule has 33 heavy (non-hydrogen) atoms. The number of nitrogens with one attached hydrogen (secondary N) is 4. The van der Waals surface area contributed by atoms with Gasteiger partial charge in [0.25, 0.3) is 0 Å². The van der Waals surface area contributed by atoms with Crippen molar-refractivity contribution in [2.45, 2.75) is 31.8 Å². The molecule has 0 radical (unpaired) electrons. The number of imidazole rings is 2. The van der Waals surface area contributed by atoms with E-state index in [2.05, 4.69) is 85.7 Å². The van der Waals surface area contributed by atoms with Gasteiger partial charge in [-0.05, 0) is 68.8 Å². The summed E-state index contributed by atoms with van der Waals surface area (Å²) in [5.74, 6) is 8.48. The number of aromatic nitrogens is 4. The van der Waals surface area contributed by atoms with E-state index in [0.29, 0.717) is 6.04 Å². The highest BCUT2D eigenvalue weighted by molar-refractivity contribution is 5.62. The minimum absolute atomic E-state index is 0.190. The number of hydrogen-bond donors (Lipinski definition) is 4. The van der Waals surface area contributed by atoms with Gasteiger partial charge in [-0.25, -0.2) is 9.97 Å². The zero-order chi connectivity index (χ0) is 22.6. The van der Waals surface area contributed by atoms with Gasteiger partial charge >= 0.3 is 0 Å². The normalized spacial score (nSPS) is 16.4. The molecule has 4 N–H and O–H groups in total. The summed E-state index contributed by atoms with van der Waals surface area (Å²) in [5, 5.41) is 6.67. The van der Waals surface area contributed by atoms with Gasteiger partial charge in [-0.2, -0.15) is 0 Å². The Balaban J connectivity index is 1.25. The standard InChI is InChI=1S/C27H28N6/c1-18(28-2)26-30-16-24(32-26)21-11-7-19(8-12-21)5-6-20-9-13-22(14-10-20)25-17-31-27(33-25)23-4-3-15-29-23/h7-14,16-18,23,28-29H,3-4,15H2,1-2H3,(H,30,32)(H,31,33). The molecule has 2 unspecified atom stereocenters. The third-order valence-electron chi connectivity index (χ3n) is 6.17. The van der Waals surface area contributed by atoms with Crippen molar-refractivity contribution >= 4 is 0 Å². The van der Waals surface area contributed by atoms with Crippen molar-refractivity contribution < 1.29 is 0 Å². The molecule has 2 atom stereocenters. The van der Waals surface area contributed by atoms with Crippen molar-refractivity contribution in [2.24, 2.45) is 0 Å². The van der Waals surface area contributed by atoms with Crippen LogP contribution in [0.4, 0.5) is 0 Å². The summed E-state index contributed by atoms with van der Waals surface area (Å²) in [5.41, 5.74) is 6.23. The molecule has 1 aliphatic heterocycles. The lowest BCUT2D eigenvalue weighted by atomic mass is 10.1. The van der Waals surface area contributed by atoms with E-state index in [1.165, 1.54) is 6.42 Å². The summed E-state index contributed by atoms with van der Waals surface area (Å²) in [7, 11) is 1.93. The van der Waals surface area contributed by atoms with Gasteiger partial charge in [0.15, 0.2) is 0 Å². The quantitative estimate of drug-likeness (QED) is 0.346. The summed E-state index contributed by atoms with van der Waals surface area (Å²) in [6.07, 6.45) is 6.13. The molecular formula is C27H28N6. The Morgan fingerprint density at radius 2 is 1.48 bits per heavy atom. The Labute approximate surface area is 194 Å². The minimum Gasteiger partial charge on any atom is -0.341 e. The molecule has 2 aromatic carbocycles. The molecule has 1 fully saturated rings. The molecule has 0 amide bonds. The van der Waals surface area contributed by atoms with Crippen molar-refractivity contribution in [3.05, 3.63) is 83.7 Å². The van der Waals surface area contributed by atoms with Crippen LogP contribution < -0.4 is 10.6 Å². The van der Waals surface area contributed by atoms with Gasteiger partial charge in [0, 0.05) is 11.1 Å². The molecule has 6 nitrogen and oxygen atoms in total. The van der Waals surface area contributed by atoms with Crippen LogP contribution in [-0.2, 0) is 0 Å². The second kappa shape index (κ2) is 9.45. The van der Waals surface area contributed by atoms with Gasteiger partial charge in [0.2, 0.25) is 0 Å². The molecule has 6 heteroatoms. The minimum atomic E-state index is 0.190. The molecule has 0 aliphatic carbocycles. The molecule has 4 aromatic rings. The summed E-state index contributed by atoms with van der Waals surface area (Å²) in [4.78, 5) is 15.8. The van der Waals surface area contributed by atoms with Crippen molar-refractivity contribution in [3.63, 3.8) is 0 Å². The third kappa shape index (κ3) is 4.75. The molecule has 1 aliphatic rings. The zero-order valence-electron chi connectivity index (χ0n) is 18.9. The Hall–Kier alpha value is -3.66. The van der Waals surface area contributed by atoms with Gasteiger partial charge in [0.1, 0.15) is 11.6 Å². The van der Waals surface area contributed by atoms with Crippen LogP contribution in [0.25, 0.3) is 22.5 Å². The Bertz CT molecular complexity index is 1260. The van der Waals surface area contributed by atoms with Crippen molar-refractivity contribution in [2.75, 3.05) is 13.6 Å². The topological polar surface area (TPSA) is 81.4 Å². The second-order valence-electron chi connectivity index (χ2n) is 8.43. The maximum Gasteiger partial charge on any atom is 0.123 e. The van der Waals surface area contributed by atoms with Gasteiger partial charge in [-0.1, -0.05) is 36.1 Å². The zero-order valence-corrected chi connectivity index (χ0v) is 18.9. The van der Waals surface area contributed by atoms with Crippen LogP contribution in [0.3, 0.4) is 0 Å².